The molecule has 10 heteroatoms. The number of hydrogen-bond donors (Lipinski definition) is 1. The van der Waals surface area contributed by atoms with Crippen molar-refractivity contribution in [1.29, 1.82) is 0 Å². The molecule has 2 aromatic rings. The van der Waals surface area contributed by atoms with Crippen molar-refractivity contribution in [2.24, 2.45) is 0 Å². The number of fused-ring (bicyclic) bond motifs is 2. The number of aromatic nitrogens is 2. The number of cyclic esters (lactones) is 1. The van der Waals surface area contributed by atoms with Crippen LogP contribution in [0.25, 0.3) is 0 Å². The van der Waals surface area contributed by atoms with Gasteiger partial charge in [-0.25, -0.2) is 14.2 Å². The minimum atomic E-state index is -0.421. The summed E-state index contributed by atoms with van der Waals surface area (Å²) in [5.41, 5.74) is 1.79. The normalized spacial score (nSPS) is 19.8. The molecule has 4 heterocycles. The van der Waals surface area contributed by atoms with Crippen LogP contribution in [-0.2, 0) is 17.7 Å². The first-order valence-electron chi connectivity index (χ1n) is 12.0. The van der Waals surface area contributed by atoms with Crippen molar-refractivity contribution >= 4 is 23.8 Å². The van der Waals surface area contributed by atoms with E-state index in [9.17, 15) is 14.0 Å². The highest BCUT2D eigenvalue weighted by Gasteiger charge is 2.40. The molecule has 0 radical (unpaired) electrons. The molecule has 2 saturated heterocycles. The summed E-state index contributed by atoms with van der Waals surface area (Å²) >= 11 is 0. The molecule has 2 amide bonds. The Kier molecular flexibility index (Phi) is 5.77. The maximum absolute atomic E-state index is 13.4. The molecule has 35 heavy (non-hydrogen) atoms. The number of benzene rings is 1. The van der Waals surface area contributed by atoms with Gasteiger partial charge in [0.2, 0.25) is 5.95 Å². The van der Waals surface area contributed by atoms with Gasteiger partial charge in [-0.15, -0.1) is 0 Å². The lowest BCUT2D eigenvalue weighted by atomic mass is 9.94. The summed E-state index contributed by atoms with van der Waals surface area (Å²) in [6.07, 6.45) is 0.362. The topological polar surface area (TPSA) is 90.9 Å². The van der Waals surface area contributed by atoms with Gasteiger partial charge in [0.05, 0.1) is 12.6 Å². The highest BCUT2D eigenvalue weighted by Crippen LogP contribution is 2.33. The van der Waals surface area contributed by atoms with Gasteiger partial charge < -0.3 is 19.9 Å². The summed E-state index contributed by atoms with van der Waals surface area (Å²) < 4.78 is 18.6. The Bertz CT molecular complexity index is 1150. The Balaban J connectivity index is 1.46. The molecule has 0 spiro atoms. The number of hydrogen-bond acceptors (Lipinski definition) is 7. The molecular weight excluding hydrogens is 451 g/mol. The number of rotatable bonds is 6. The van der Waals surface area contributed by atoms with Crippen LogP contribution >= 0.6 is 0 Å². The van der Waals surface area contributed by atoms with Gasteiger partial charge in [0.15, 0.2) is 0 Å². The molecule has 0 saturated carbocycles. The van der Waals surface area contributed by atoms with E-state index < -0.39 is 5.54 Å². The Labute approximate surface area is 204 Å². The first-order chi connectivity index (χ1) is 16.6. The lowest BCUT2D eigenvalue weighted by Gasteiger charge is -2.36. The second-order valence-corrected chi connectivity index (χ2v) is 10.4. The second kappa shape index (κ2) is 8.66. The van der Waals surface area contributed by atoms with E-state index in [2.05, 4.69) is 19.2 Å². The Morgan fingerprint density at radius 3 is 2.63 bits per heavy atom. The van der Waals surface area contributed by atoms with Crippen molar-refractivity contribution in [1.82, 2.24) is 19.8 Å². The number of anilines is 2. The first-order valence-corrected chi connectivity index (χ1v) is 12.0. The summed E-state index contributed by atoms with van der Waals surface area (Å²) in [4.78, 5) is 40.3. The van der Waals surface area contributed by atoms with Gasteiger partial charge in [-0.05, 0) is 51.8 Å². The van der Waals surface area contributed by atoms with Crippen LogP contribution in [0.1, 0.15) is 49.3 Å². The molecule has 186 valence electrons. The van der Waals surface area contributed by atoms with Crippen LogP contribution in [0, 0.1) is 5.82 Å². The zero-order valence-electron chi connectivity index (χ0n) is 20.5. The minimum Gasteiger partial charge on any atom is -0.447 e. The molecule has 5 rings (SSSR count). The van der Waals surface area contributed by atoms with Crippen molar-refractivity contribution in [3.8, 4) is 0 Å². The van der Waals surface area contributed by atoms with Crippen LogP contribution in [0.2, 0.25) is 0 Å². The lowest BCUT2D eigenvalue weighted by molar-refractivity contribution is 0.0726. The van der Waals surface area contributed by atoms with E-state index in [1.165, 1.54) is 12.1 Å². The van der Waals surface area contributed by atoms with Crippen molar-refractivity contribution in [3.63, 3.8) is 0 Å². The zero-order chi connectivity index (χ0) is 24.9. The third-order valence-electron chi connectivity index (χ3n) is 6.83. The van der Waals surface area contributed by atoms with Gasteiger partial charge >= 0.3 is 6.09 Å². The Hall–Kier alpha value is -3.43. The van der Waals surface area contributed by atoms with Gasteiger partial charge in [-0.1, -0.05) is 12.1 Å². The van der Waals surface area contributed by atoms with E-state index in [0.29, 0.717) is 56.7 Å². The molecule has 1 aromatic carbocycles. The van der Waals surface area contributed by atoms with Gasteiger partial charge in [0.25, 0.3) is 5.91 Å². The maximum atomic E-state index is 13.4. The average Bonchev–Trinajstić information content (AvgIpc) is 3.35. The van der Waals surface area contributed by atoms with E-state index >= 15 is 0 Å². The quantitative estimate of drug-likeness (QED) is 0.677. The molecular formula is C25H31FN6O3. The van der Waals surface area contributed by atoms with E-state index in [1.807, 2.05) is 18.7 Å². The van der Waals surface area contributed by atoms with E-state index in [0.717, 1.165) is 11.1 Å². The third-order valence-corrected chi connectivity index (χ3v) is 6.83. The zero-order valence-corrected chi connectivity index (χ0v) is 20.5. The number of nitrogens with zero attached hydrogens (tertiary/aromatic N) is 5. The summed E-state index contributed by atoms with van der Waals surface area (Å²) in [6.45, 7) is 10.5. The van der Waals surface area contributed by atoms with Gasteiger partial charge in [-0.2, -0.15) is 4.98 Å². The van der Waals surface area contributed by atoms with Gasteiger partial charge in [0, 0.05) is 36.8 Å². The molecule has 2 fully saturated rings. The number of amides is 2. The Morgan fingerprint density at radius 1 is 1.17 bits per heavy atom. The van der Waals surface area contributed by atoms with Crippen LogP contribution in [-0.4, -0.2) is 75.6 Å². The van der Waals surface area contributed by atoms with Crippen molar-refractivity contribution in [2.75, 3.05) is 36.5 Å². The first kappa shape index (κ1) is 23.3. The fraction of sp³-hybridized carbons (Fsp3) is 0.520. The molecule has 3 aliphatic heterocycles. The molecule has 0 bridgehead atoms. The van der Waals surface area contributed by atoms with E-state index in [-0.39, 0.29) is 29.9 Å². The summed E-state index contributed by atoms with van der Waals surface area (Å²) in [6, 6.07) is 6.46. The number of carbonyl (C=O) groups excluding carboxylic acids is 2. The van der Waals surface area contributed by atoms with Gasteiger partial charge in [0.1, 0.15) is 23.9 Å². The summed E-state index contributed by atoms with van der Waals surface area (Å²) in [5, 5.41) is 3.55. The van der Waals surface area contributed by atoms with Crippen molar-refractivity contribution < 1.29 is 18.7 Å². The fourth-order valence-electron chi connectivity index (χ4n) is 4.99. The number of carbonyl (C=O) groups is 2. The van der Waals surface area contributed by atoms with Crippen LogP contribution in [0.3, 0.4) is 0 Å². The van der Waals surface area contributed by atoms with Crippen LogP contribution in [0.15, 0.2) is 24.3 Å². The second-order valence-electron chi connectivity index (χ2n) is 10.4. The maximum Gasteiger partial charge on any atom is 0.410 e. The number of nitrogens with one attached hydrogen (secondary N) is 1. The van der Waals surface area contributed by atoms with Crippen LogP contribution in [0.4, 0.5) is 21.0 Å². The molecule has 9 nitrogen and oxygen atoms in total. The minimum absolute atomic E-state index is 0.0328. The third kappa shape index (κ3) is 4.49. The lowest BCUT2D eigenvalue weighted by Crippen LogP contribution is -2.52. The molecule has 0 unspecified atom stereocenters. The van der Waals surface area contributed by atoms with E-state index in [4.69, 9.17) is 14.7 Å². The van der Waals surface area contributed by atoms with Gasteiger partial charge in [-0.3, -0.25) is 9.69 Å². The number of ether oxygens (including phenoxy) is 1. The highest BCUT2D eigenvalue weighted by atomic mass is 19.1. The SMILES string of the molecule is CC(C)N1Cc2c(NC(C)(C)Cc3ccc(F)cc3)nc(N3CCN4C(=O)OC[C@H]4C3)nc2C1=O. The fourth-order valence-corrected chi connectivity index (χ4v) is 4.99. The highest BCUT2D eigenvalue weighted by molar-refractivity contribution is 5.98. The summed E-state index contributed by atoms with van der Waals surface area (Å²) in [5.74, 6) is 0.743. The smallest absolute Gasteiger partial charge is 0.410 e. The van der Waals surface area contributed by atoms with Crippen LogP contribution in [0.5, 0.6) is 0 Å². The predicted molar refractivity (Wildman–Crippen MR) is 129 cm³/mol. The Morgan fingerprint density at radius 2 is 1.91 bits per heavy atom. The largest absolute Gasteiger partial charge is 0.447 e. The monoisotopic (exact) mass is 482 g/mol. The molecule has 1 atom stereocenters. The molecule has 3 aliphatic rings. The average molecular weight is 483 g/mol. The molecule has 0 aliphatic carbocycles. The van der Waals surface area contributed by atoms with Crippen LogP contribution < -0.4 is 10.2 Å². The summed E-state index contributed by atoms with van der Waals surface area (Å²) in [7, 11) is 0. The van der Waals surface area contributed by atoms with E-state index in [1.54, 1.807) is 21.9 Å². The predicted octanol–water partition coefficient (Wildman–Crippen LogP) is 3.05. The number of piperazine rings is 1. The van der Waals surface area contributed by atoms with Crippen molar-refractivity contribution in [3.05, 3.63) is 46.9 Å². The van der Waals surface area contributed by atoms with Crippen molar-refractivity contribution in [2.45, 2.75) is 58.3 Å². The number of halogens is 1. The molecule has 1 N–H and O–H groups in total. The standard InChI is InChI=1S/C25H31FN6O3/c1-15(2)32-13-19-20(22(32)33)27-23(30-9-10-31-18(12-30)14-35-24(31)34)28-21(19)29-25(3,4)11-16-5-7-17(26)8-6-16/h5-8,15,18H,9-14H2,1-4H3,(H,27,28,29)/t18-/m1/s1. The molecule has 1 aromatic heterocycles.